The van der Waals surface area contributed by atoms with Crippen LogP contribution in [0.1, 0.15) is 23.6 Å². The van der Waals surface area contributed by atoms with Crippen molar-refractivity contribution in [3.8, 4) is 44.5 Å². The quantitative estimate of drug-likeness (QED) is 0.162. The standard InChI is InChI=1S/C56H39NO/c1-56(50-22-10-8-20-47(50)48-21-9-11-23-51(48)56)52-24-13-25-54-55(52)49-37-43(30-35-53(49)58-54)41-28-33-45(34-29-41)57(44-31-26-40(27-32-44)38-14-4-2-5-15-38)46-19-12-18-42(36-46)39-16-6-3-7-17-39/h2-37H,1H3. The lowest BCUT2D eigenvalue weighted by Gasteiger charge is -2.29. The Balaban J connectivity index is 1.01. The summed E-state index contributed by atoms with van der Waals surface area (Å²) in [6.07, 6.45) is 0. The van der Waals surface area contributed by atoms with Crippen molar-refractivity contribution in [3.05, 3.63) is 235 Å². The van der Waals surface area contributed by atoms with Gasteiger partial charge < -0.3 is 9.32 Å². The summed E-state index contributed by atoms with van der Waals surface area (Å²) >= 11 is 0. The van der Waals surface area contributed by atoms with Crippen molar-refractivity contribution in [1.29, 1.82) is 0 Å². The minimum atomic E-state index is -0.332. The number of hydrogen-bond donors (Lipinski definition) is 0. The maximum atomic E-state index is 6.58. The number of fused-ring (bicyclic) bond motifs is 6. The molecule has 1 aliphatic rings. The van der Waals surface area contributed by atoms with Crippen molar-refractivity contribution < 1.29 is 4.42 Å². The fourth-order valence-corrected chi connectivity index (χ4v) is 9.31. The average molecular weight is 742 g/mol. The van der Waals surface area contributed by atoms with E-state index < -0.39 is 0 Å². The van der Waals surface area contributed by atoms with Crippen LogP contribution in [0.3, 0.4) is 0 Å². The molecule has 0 atom stereocenters. The summed E-state index contributed by atoms with van der Waals surface area (Å²) in [6, 6.07) is 78.8. The van der Waals surface area contributed by atoms with Crippen LogP contribution in [0.4, 0.5) is 17.1 Å². The lowest BCUT2D eigenvalue weighted by atomic mass is 9.73. The van der Waals surface area contributed by atoms with Crippen LogP contribution >= 0.6 is 0 Å². The lowest BCUT2D eigenvalue weighted by molar-refractivity contribution is 0.666. The molecule has 0 unspecified atom stereocenters. The van der Waals surface area contributed by atoms with Gasteiger partial charge in [-0.25, -0.2) is 0 Å². The normalized spacial score (nSPS) is 12.7. The molecule has 2 nitrogen and oxygen atoms in total. The summed E-state index contributed by atoms with van der Waals surface area (Å²) in [7, 11) is 0. The van der Waals surface area contributed by atoms with Crippen molar-refractivity contribution >= 4 is 39.0 Å². The second-order valence-electron chi connectivity index (χ2n) is 15.4. The van der Waals surface area contributed by atoms with E-state index in [9.17, 15) is 0 Å². The number of nitrogens with zero attached hydrogens (tertiary/aromatic N) is 1. The van der Waals surface area contributed by atoms with E-state index in [1.54, 1.807) is 0 Å². The Hall–Kier alpha value is -7.42. The molecule has 1 heterocycles. The molecule has 274 valence electrons. The summed E-state index contributed by atoms with van der Waals surface area (Å²) in [5.74, 6) is 0. The van der Waals surface area contributed by atoms with Crippen LogP contribution in [0.2, 0.25) is 0 Å². The Bertz CT molecular complexity index is 3060. The predicted molar refractivity (Wildman–Crippen MR) is 242 cm³/mol. The van der Waals surface area contributed by atoms with Crippen molar-refractivity contribution in [3.63, 3.8) is 0 Å². The Kier molecular flexibility index (Phi) is 7.97. The van der Waals surface area contributed by atoms with E-state index in [0.29, 0.717) is 0 Å². The second-order valence-corrected chi connectivity index (χ2v) is 15.4. The lowest BCUT2D eigenvalue weighted by Crippen LogP contribution is -2.22. The number of benzene rings is 9. The van der Waals surface area contributed by atoms with E-state index in [1.807, 2.05) is 0 Å². The molecule has 0 spiro atoms. The zero-order valence-electron chi connectivity index (χ0n) is 32.1. The van der Waals surface area contributed by atoms with Gasteiger partial charge in [-0.15, -0.1) is 0 Å². The fraction of sp³-hybridized carbons (Fsp3) is 0.0357. The van der Waals surface area contributed by atoms with Crippen molar-refractivity contribution in [1.82, 2.24) is 0 Å². The first-order chi connectivity index (χ1) is 28.6. The summed E-state index contributed by atoms with van der Waals surface area (Å²) < 4.78 is 6.58. The van der Waals surface area contributed by atoms with Gasteiger partial charge >= 0.3 is 0 Å². The van der Waals surface area contributed by atoms with Crippen LogP contribution < -0.4 is 4.90 Å². The van der Waals surface area contributed by atoms with Crippen molar-refractivity contribution in [2.45, 2.75) is 12.3 Å². The molecule has 0 saturated heterocycles. The summed E-state index contributed by atoms with van der Waals surface area (Å²) in [5, 5.41) is 2.31. The van der Waals surface area contributed by atoms with Gasteiger partial charge in [0.05, 0.1) is 0 Å². The maximum absolute atomic E-state index is 6.58. The Labute approximate surface area is 338 Å². The number of hydrogen-bond acceptors (Lipinski definition) is 2. The molecular formula is C56H39NO. The van der Waals surface area contributed by atoms with E-state index in [0.717, 1.165) is 44.7 Å². The molecule has 0 amide bonds. The molecule has 10 aromatic rings. The molecule has 0 fully saturated rings. The molecule has 0 bridgehead atoms. The van der Waals surface area contributed by atoms with E-state index in [2.05, 4.69) is 230 Å². The molecule has 9 aromatic carbocycles. The minimum absolute atomic E-state index is 0.332. The smallest absolute Gasteiger partial charge is 0.135 e. The van der Waals surface area contributed by atoms with Gasteiger partial charge in [-0.05, 0) is 123 Å². The van der Waals surface area contributed by atoms with Gasteiger partial charge in [-0.2, -0.15) is 0 Å². The maximum Gasteiger partial charge on any atom is 0.135 e. The fourth-order valence-electron chi connectivity index (χ4n) is 9.31. The predicted octanol–water partition coefficient (Wildman–Crippen LogP) is 15.4. The Morgan fingerprint density at radius 3 is 1.45 bits per heavy atom. The van der Waals surface area contributed by atoms with Gasteiger partial charge in [0.25, 0.3) is 0 Å². The van der Waals surface area contributed by atoms with Gasteiger partial charge in [0.15, 0.2) is 0 Å². The van der Waals surface area contributed by atoms with Gasteiger partial charge in [0, 0.05) is 33.2 Å². The SMILES string of the molecule is CC1(c2cccc3oc4ccc(-c5ccc(N(c6ccc(-c7ccccc7)cc6)c6cccc(-c7ccccc7)c6)cc5)cc4c23)c2ccccc2-c2ccccc21. The largest absolute Gasteiger partial charge is 0.456 e. The van der Waals surface area contributed by atoms with Crippen LogP contribution in [-0.4, -0.2) is 0 Å². The zero-order valence-corrected chi connectivity index (χ0v) is 32.1. The van der Waals surface area contributed by atoms with Crippen LogP contribution in [0.5, 0.6) is 0 Å². The van der Waals surface area contributed by atoms with Crippen molar-refractivity contribution in [2.75, 3.05) is 4.90 Å². The van der Waals surface area contributed by atoms with E-state index >= 15 is 0 Å². The highest BCUT2D eigenvalue weighted by molar-refractivity contribution is 6.09. The molecule has 1 aliphatic carbocycles. The first-order valence-corrected chi connectivity index (χ1v) is 20.0. The molecule has 2 heteroatoms. The molecule has 0 saturated carbocycles. The molecule has 58 heavy (non-hydrogen) atoms. The molecule has 1 aromatic heterocycles. The third kappa shape index (κ3) is 5.49. The summed E-state index contributed by atoms with van der Waals surface area (Å²) in [4.78, 5) is 2.35. The number of furan rings is 1. The number of rotatable bonds is 7. The van der Waals surface area contributed by atoms with Crippen LogP contribution in [-0.2, 0) is 5.41 Å². The number of anilines is 3. The topological polar surface area (TPSA) is 16.4 Å². The Morgan fingerprint density at radius 1 is 0.345 bits per heavy atom. The summed E-state index contributed by atoms with van der Waals surface area (Å²) in [5.41, 5.74) is 18.4. The second kappa shape index (κ2) is 13.7. The molecule has 11 rings (SSSR count). The van der Waals surface area contributed by atoms with Crippen LogP contribution in [0, 0.1) is 0 Å². The molecular weight excluding hydrogens is 703 g/mol. The highest BCUT2D eigenvalue weighted by Gasteiger charge is 2.42. The van der Waals surface area contributed by atoms with Crippen LogP contribution in [0.15, 0.2) is 223 Å². The Morgan fingerprint density at radius 2 is 0.810 bits per heavy atom. The van der Waals surface area contributed by atoms with E-state index in [4.69, 9.17) is 4.42 Å². The van der Waals surface area contributed by atoms with Gasteiger partial charge in [-0.1, -0.05) is 164 Å². The summed E-state index contributed by atoms with van der Waals surface area (Å²) in [6.45, 7) is 2.38. The van der Waals surface area contributed by atoms with E-state index in [1.165, 1.54) is 55.5 Å². The first-order valence-electron chi connectivity index (χ1n) is 20.0. The monoisotopic (exact) mass is 741 g/mol. The average Bonchev–Trinajstić information content (AvgIpc) is 3.80. The molecule has 0 N–H and O–H groups in total. The highest BCUT2D eigenvalue weighted by Crippen LogP contribution is 2.54. The third-order valence-electron chi connectivity index (χ3n) is 12.2. The first kappa shape index (κ1) is 33.9. The zero-order chi connectivity index (χ0) is 38.6. The van der Waals surface area contributed by atoms with Gasteiger partial charge in [0.1, 0.15) is 11.2 Å². The van der Waals surface area contributed by atoms with E-state index in [-0.39, 0.29) is 5.41 Å². The van der Waals surface area contributed by atoms with Crippen molar-refractivity contribution in [2.24, 2.45) is 0 Å². The van der Waals surface area contributed by atoms with Gasteiger partial charge in [0.2, 0.25) is 0 Å². The van der Waals surface area contributed by atoms with Crippen LogP contribution in [0.25, 0.3) is 66.4 Å². The third-order valence-corrected chi connectivity index (χ3v) is 12.2. The minimum Gasteiger partial charge on any atom is -0.456 e. The highest BCUT2D eigenvalue weighted by atomic mass is 16.3. The molecule has 0 radical (unpaired) electrons. The molecule has 0 aliphatic heterocycles. The van der Waals surface area contributed by atoms with Gasteiger partial charge in [-0.3, -0.25) is 0 Å².